The fraction of sp³-hybridized carbons (Fsp3) is 0.500. The van der Waals surface area contributed by atoms with Crippen molar-refractivity contribution in [1.82, 2.24) is 0 Å². The summed E-state index contributed by atoms with van der Waals surface area (Å²) in [5, 5.41) is 0. The second kappa shape index (κ2) is 5.81. The standard InChI is InChI=1S/C12H17F2N/c1-2-12(15)5-3-4-9-6-10(13)8-11(14)7-9/h6-8,12H,2-5,15H2,1H3. The Hall–Kier alpha value is -0.960. The molecule has 0 aliphatic carbocycles. The Morgan fingerprint density at radius 2 is 1.80 bits per heavy atom. The van der Waals surface area contributed by atoms with Gasteiger partial charge >= 0.3 is 0 Å². The molecule has 0 saturated heterocycles. The zero-order chi connectivity index (χ0) is 11.3. The van der Waals surface area contributed by atoms with E-state index in [-0.39, 0.29) is 6.04 Å². The van der Waals surface area contributed by atoms with Crippen LogP contribution < -0.4 is 5.73 Å². The molecule has 1 nitrogen and oxygen atoms in total. The van der Waals surface area contributed by atoms with Crippen molar-refractivity contribution in [3.63, 3.8) is 0 Å². The Kier molecular flexibility index (Phi) is 4.69. The molecule has 0 aliphatic heterocycles. The van der Waals surface area contributed by atoms with Gasteiger partial charge in [-0.1, -0.05) is 6.92 Å². The molecule has 1 aromatic carbocycles. The second-order valence-corrected chi connectivity index (χ2v) is 3.84. The van der Waals surface area contributed by atoms with Crippen LogP contribution in [-0.4, -0.2) is 6.04 Å². The number of halogens is 2. The first kappa shape index (κ1) is 12.1. The Labute approximate surface area is 89.3 Å². The van der Waals surface area contributed by atoms with E-state index in [1.165, 1.54) is 12.1 Å². The van der Waals surface area contributed by atoms with Crippen LogP contribution in [0.3, 0.4) is 0 Å². The van der Waals surface area contributed by atoms with Gasteiger partial charge in [0.15, 0.2) is 0 Å². The maximum Gasteiger partial charge on any atom is 0.126 e. The molecular weight excluding hydrogens is 196 g/mol. The van der Waals surface area contributed by atoms with Crippen molar-refractivity contribution in [3.8, 4) is 0 Å². The molecule has 2 N–H and O–H groups in total. The van der Waals surface area contributed by atoms with E-state index in [0.29, 0.717) is 12.0 Å². The second-order valence-electron chi connectivity index (χ2n) is 3.84. The zero-order valence-electron chi connectivity index (χ0n) is 8.97. The SMILES string of the molecule is CCC(N)CCCc1cc(F)cc(F)c1. The lowest BCUT2D eigenvalue weighted by Gasteiger charge is -2.08. The van der Waals surface area contributed by atoms with Gasteiger partial charge in [0.1, 0.15) is 11.6 Å². The Morgan fingerprint density at radius 3 is 2.33 bits per heavy atom. The molecule has 0 bridgehead atoms. The van der Waals surface area contributed by atoms with Crippen LogP contribution >= 0.6 is 0 Å². The molecular formula is C12H17F2N. The van der Waals surface area contributed by atoms with Crippen molar-refractivity contribution in [2.45, 2.75) is 38.6 Å². The monoisotopic (exact) mass is 213 g/mol. The first-order valence-corrected chi connectivity index (χ1v) is 5.32. The lowest BCUT2D eigenvalue weighted by atomic mass is 10.0. The molecule has 0 amide bonds. The first-order chi connectivity index (χ1) is 7.11. The van der Waals surface area contributed by atoms with Gasteiger partial charge in [-0.25, -0.2) is 8.78 Å². The average Bonchev–Trinajstić information content (AvgIpc) is 2.16. The summed E-state index contributed by atoms with van der Waals surface area (Å²) in [5.41, 5.74) is 6.45. The van der Waals surface area contributed by atoms with Crippen LogP contribution in [0.15, 0.2) is 18.2 Å². The van der Waals surface area contributed by atoms with Gasteiger partial charge < -0.3 is 5.73 Å². The van der Waals surface area contributed by atoms with Crippen molar-refractivity contribution < 1.29 is 8.78 Å². The molecule has 1 unspecified atom stereocenters. The molecule has 1 rings (SSSR count). The molecule has 0 aromatic heterocycles. The highest BCUT2D eigenvalue weighted by Gasteiger charge is 2.02. The maximum atomic E-state index is 12.8. The third-order valence-corrected chi connectivity index (χ3v) is 2.49. The van der Waals surface area contributed by atoms with Crippen molar-refractivity contribution >= 4 is 0 Å². The predicted octanol–water partition coefficient (Wildman–Crippen LogP) is 3.02. The number of benzene rings is 1. The normalized spacial score (nSPS) is 12.8. The minimum absolute atomic E-state index is 0.198. The average molecular weight is 213 g/mol. The van der Waals surface area contributed by atoms with Crippen LogP contribution in [0.25, 0.3) is 0 Å². The fourth-order valence-electron chi connectivity index (χ4n) is 1.53. The lowest BCUT2D eigenvalue weighted by molar-refractivity contribution is 0.558. The number of rotatable bonds is 5. The van der Waals surface area contributed by atoms with Crippen LogP contribution in [0, 0.1) is 11.6 Å². The van der Waals surface area contributed by atoms with Crippen molar-refractivity contribution in [2.75, 3.05) is 0 Å². The van der Waals surface area contributed by atoms with Crippen LogP contribution in [0.4, 0.5) is 8.78 Å². The lowest BCUT2D eigenvalue weighted by Crippen LogP contribution is -2.18. The summed E-state index contributed by atoms with van der Waals surface area (Å²) in [6.07, 6.45) is 3.40. The van der Waals surface area contributed by atoms with E-state index in [1.807, 2.05) is 6.92 Å². The number of aryl methyl sites for hydroxylation is 1. The third-order valence-electron chi connectivity index (χ3n) is 2.49. The van der Waals surface area contributed by atoms with Gasteiger partial charge in [-0.3, -0.25) is 0 Å². The van der Waals surface area contributed by atoms with Gasteiger partial charge in [-0.2, -0.15) is 0 Å². The van der Waals surface area contributed by atoms with Crippen LogP contribution in [-0.2, 0) is 6.42 Å². The molecule has 0 saturated carbocycles. The van der Waals surface area contributed by atoms with E-state index in [0.717, 1.165) is 25.3 Å². The van der Waals surface area contributed by atoms with Gasteiger partial charge in [0.05, 0.1) is 0 Å². The Bertz CT molecular complexity index is 292. The summed E-state index contributed by atoms with van der Waals surface area (Å²) >= 11 is 0. The highest BCUT2D eigenvalue weighted by molar-refractivity contribution is 5.17. The van der Waals surface area contributed by atoms with Crippen molar-refractivity contribution in [3.05, 3.63) is 35.4 Å². The summed E-state index contributed by atoms with van der Waals surface area (Å²) in [6, 6.07) is 3.84. The first-order valence-electron chi connectivity index (χ1n) is 5.32. The Balaban J connectivity index is 2.43. The van der Waals surface area contributed by atoms with Crippen molar-refractivity contribution in [1.29, 1.82) is 0 Å². The summed E-state index contributed by atoms with van der Waals surface area (Å²) in [5.74, 6) is -1.02. The van der Waals surface area contributed by atoms with E-state index in [2.05, 4.69) is 0 Å². The minimum Gasteiger partial charge on any atom is -0.328 e. The highest BCUT2D eigenvalue weighted by atomic mass is 19.1. The molecule has 0 aliphatic rings. The van der Waals surface area contributed by atoms with Gasteiger partial charge in [0.2, 0.25) is 0 Å². The molecule has 0 radical (unpaired) electrons. The van der Waals surface area contributed by atoms with Crippen LogP contribution in [0.1, 0.15) is 31.7 Å². The molecule has 0 spiro atoms. The van der Waals surface area contributed by atoms with Crippen LogP contribution in [0.2, 0.25) is 0 Å². The molecule has 15 heavy (non-hydrogen) atoms. The molecule has 1 aromatic rings. The molecule has 0 heterocycles. The molecule has 84 valence electrons. The number of nitrogens with two attached hydrogens (primary N) is 1. The topological polar surface area (TPSA) is 26.0 Å². The predicted molar refractivity (Wildman–Crippen MR) is 57.6 cm³/mol. The van der Waals surface area contributed by atoms with Crippen LogP contribution in [0.5, 0.6) is 0 Å². The molecule has 3 heteroatoms. The third kappa shape index (κ3) is 4.38. The summed E-state index contributed by atoms with van der Waals surface area (Å²) in [7, 11) is 0. The largest absolute Gasteiger partial charge is 0.328 e. The summed E-state index contributed by atoms with van der Waals surface area (Å²) in [6.45, 7) is 2.03. The van der Waals surface area contributed by atoms with E-state index in [4.69, 9.17) is 5.73 Å². The van der Waals surface area contributed by atoms with Gasteiger partial charge in [-0.05, 0) is 43.4 Å². The highest BCUT2D eigenvalue weighted by Crippen LogP contribution is 2.11. The summed E-state index contributed by atoms with van der Waals surface area (Å²) in [4.78, 5) is 0. The van der Waals surface area contributed by atoms with Crippen molar-refractivity contribution in [2.24, 2.45) is 5.73 Å². The maximum absolute atomic E-state index is 12.8. The van der Waals surface area contributed by atoms with Gasteiger partial charge in [0.25, 0.3) is 0 Å². The van der Waals surface area contributed by atoms with E-state index >= 15 is 0 Å². The molecule has 1 atom stereocenters. The number of hydrogen-bond acceptors (Lipinski definition) is 1. The quantitative estimate of drug-likeness (QED) is 0.799. The molecule has 0 fully saturated rings. The van der Waals surface area contributed by atoms with Gasteiger partial charge in [0, 0.05) is 12.1 Å². The van der Waals surface area contributed by atoms with E-state index < -0.39 is 11.6 Å². The van der Waals surface area contributed by atoms with Gasteiger partial charge in [-0.15, -0.1) is 0 Å². The summed E-state index contributed by atoms with van der Waals surface area (Å²) < 4.78 is 25.6. The zero-order valence-corrected chi connectivity index (χ0v) is 8.97. The van der Waals surface area contributed by atoms with E-state index in [9.17, 15) is 8.78 Å². The number of hydrogen-bond donors (Lipinski definition) is 1. The van der Waals surface area contributed by atoms with E-state index in [1.54, 1.807) is 0 Å². The minimum atomic E-state index is -0.509. The Morgan fingerprint density at radius 1 is 1.20 bits per heavy atom. The fourth-order valence-corrected chi connectivity index (χ4v) is 1.53. The smallest absolute Gasteiger partial charge is 0.126 e.